The molecule has 0 spiro atoms. The Morgan fingerprint density at radius 1 is 1.33 bits per heavy atom. The average Bonchev–Trinajstić information content (AvgIpc) is 1.94. The normalized spacial score (nSPS) is 22.2. The quantitative estimate of drug-likeness (QED) is 0.273. The Hall–Kier alpha value is -0.700. The molecule has 0 amide bonds. The lowest BCUT2D eigenvalue weighted by Gasteiger charge is -1.50. The first-order valence-electron chi connectivity index (χ1n) is 1.74. The monoisotopic (exact) mass is 85.1 g/mol. The molecule has 0 aromatic carbocycles. The van der Waals surface area contributed by atoms with Crippen LogP contribution in [0.4, 0.5) is 0 Å². The molecule has 6 N–H and O–H groups in total. The third-order valence-electron chi connectivity index (χ3n) is 0.920. The second-order valence-electron chi connectivity index (χ2n) is 1.39. The summed E-state index contributed by atoms with van der Waals surface area (Å²) in [5.41, 5.74) is 6.48. The van der Waals surface area contributed by atoms with Crippen LogP contribution < -0.4 is 16.6 Å². The van der Waals surface area contributed by atoms with Crippen LogP contribution in [0.15, 0.2) is 0 Å². The van der Waals surface area contributed by atoms with Gasteiger partial charge < -0.3 is 5.73 Å². The summed E-state index contributed by atoms with van der Waals surface area (Å²) in [6.07, 6.45) is 0. The molecule has 1 rings (SSSR count). The van der Waals surface area contributed by atoms with E-state index in [4.69, 9.17) is 16.6 Å². The van der Waals surface area contributed by atoms with Crippen molar-refractivity contribution in [2.24, 2.45) is 5.73 Å². The van der Waals surface area contributed by atoms with E-state index < -0.39 is 0 Å². The van der Waals surface area contributed by atoms with E-state index in [1.807, 2.05) is 0 Å². The van der Waals surface area contributed by atoms with Gasteiger partial charge in [-0.05, 0) is 0 Å². The molecule has 3 heteroatoms. The van der Waals surface area contributed by atoms with Crippen molar-refractivity contribution in [3.8, 4) is 0 Å². The minimum atomic E-state index is -0.0926. The first-order valence-corrected chi connectivity index (χ1v) is 1.74. The molecule has 3 nitrogen and oxygen atoms in total. The third kappa shape index (κ3) is 0.202. The molecule has 0 aromatic heterocycles. The summed E-state index contributed by atoms with van der Waals surface area (Å²) >= 11 is 0. The highest BCUT2D eigenvalue weighted by Gasteiger charge is 2.49. The average molecular weight is 85.1 g/mol. The molecule has 6 heavy (non-hydrogen) atoms. The molecule has 0 aromatic rings. The Bertz CT molecular complexity index is 101. The van der Waals surface area contributed by atoms with Gasteiger partial charge in [0.05, 0.1) is 0 Å². The van der Waals surface area contributed by atoms with Crippen LogP contribution in [0.2, 0.25) is 0 Å². The van der Waals surface area contributed by atoms with E-state index in [0.29, 0.717) is 11.4 Å². The minimum Gasteiger partial charge on any atom is -0.310 e. The largest absolute Gasteiger partial charge is 0.310 e. The lowest BCUT2D eigenvalue weighted by atomic mass is 10.8. The lowest BCUT2D eigenvalue weighted by molar-refractivity contribution is -0.122. The molecule has 1 saturated carbocycles. The highest BCUT2D eigenvalue weighted by atomic mass is 14.8. The van der Waals surface area contributed by atoms with Gasteiger partial charge in [0, 0.05) is 0 Å². The van der Waals surface area contributed by atoms with Crippen molar-refractivity contribution in [1.29, 1.82) is 0 Å². The Kier molecular flexibility index (Phi) is 0.395. The van der Waals surface area contributed by atoms with E-state index in [-0.39, 0.29) is 6.04 Å². The molecular formula is C3H7N3+2. The molecular weight excluding hydrogens is 78.1 g/mol. The molecule has 0 radical (unpaired) electrons. The van der Waals surface area contributed by atoms with E-state index in [2.05, 4.69) is 0 Å². The zero-order chi connectivity index (χ0) is 4.73. The Balaban J connectivity index is 2.75. The van der Waals surface area contributed by atoms with Crippen LogP contribution in [0.5, 0.6) is 0 Å². The summed E-state index contributed by atoms with van der Waals surface area (Å²) in [7, 11) is 0. The summed E-state index contributed by atoms with van der Waals surface area (Å²) in [6, 6.07) is -0.0926. The van der Waals surface area contributed by atoms with Crippen molar-refractivity contribution in [1.82, 2.24) is 0 Å². The third-order valence-corrected chi connectivity index (χ3v) is 0.920. The fourth-order valence-electron chi connectivity index (χ4n) is 0.276. The minimum absolute atomic E-state index is 0.0926. The highest BCUT2D eigenvalue weighted by molar-refractivity contribution is 6.63. The van der Waals surface area contributed by atoms with Gasteiger partial charge in [0.2, 0.25) is 0 Å². The van der Waals surface area contributed by atoms with Crippen LogP contribution in [-0.4, -0.2) is 17.5 Å². The first kappa shape index (κ1) is 3.49. The maximum absolute atomic E-state index is 5.19. The molecule has 0 atom stereocenters. The summed E-state index contributed by atoms with van der Waals surface area (Å²) < 4.78 is 0. The van der Waals surface area contributed by atoms with Crippen molar-refractivity contribution in [3.05, 3.63) is 0 Å². The van der Waals surface area contributed by atoms with Crippen molar-refractivity contribution < 1.29 is 10.8 Å². The van der Waals surface area contributed by atoms with Crippen LogP contribution in [0.25, 0.3) is 0 Å². The van der Waals surface area contributed by atoms with Gasteiger partial charge in [0.1, 0.15) is 0 Å². The second kappa shape index (κ2) is 0.680. The van der Waals surface area contributed by atoms with Gasteiger partial charge in [-0.15, -0.1) is 0 Å². The summed E-state index contributed by atoms with van der Waals surface area (Å²) in [4.78, 5) is 0. The molecule has 0 heterocycles. The summed E-state index contributed by atoms with van der Waals surface area (Å²) in [5.74, 6) is 0. The molecule has 0 saturated heterocycles. The maximum Gasteiger partial charge on any atom is 0.270 e. The molecule has 0 unspecified atom stereocenters. The van der Waals surface area contributed by atoms with Crippen LogP contribution in [-0.2, 0) is 0 Å². The smallest absolute Gasteiger partial charge is 0.270 e. The Labute approximate surface area is 35.2 Å². The molecule has 0 bridgehead atoms. The van der Waals surface area contributed by atoms with Crippen LogP contribution in [0.3, 0.4) is 0 Å². The van der Waals surface area contributed by atoms with Crippen LogP contribution in [0.1, 0.15) is 0 Å². The number of hydrogen-bond donors (Lipinski definition) is 3. The van der Waals surface area contributed by atoms with Crippen molar-refractivity contribution >= 4 is 11.4 Å². The molecule has 32 valence electrons. The van der Waals surface area contributed by atoms with Gasteiger partial charge >= 0.3 is 0 Å². The first-order chi connectivity index (χ1) is 2.73. The molecule has 1 aliphatic rings. The van der Waals surface area contributed by atoms with Gasteiger partial charge in [-0.2, -0.15) is 0 Å². The Morgan fingerprint density at radius 3 is 1.50 bits per heavy atom. The summed E-state index contributed by atoms with van der Waals surface area (Å²) in [6.45, 7) is 0. The van der Waals surface area contributed by atoms with Crippen molar-refractivity contribution in [2.75, 3.05) is 0 Å². The fourth-order valence-corrected chi connectivity index (χ4v) is 0.276. The number of hydrogen-bond acceptors (Lipinski definition) is 1. The zero-order valence-electron chi connectivity index (χ0n) is 3.31. The van der Waals surface area contributed by atoms with E-state index in [9.17, 15) is 0 Å². The van der Waals surface area contributed by atoms with Gasteiger partial charge in [0.25, 0.3) is 11.4 Å². The summed E-state index contributed by atoms with van der Waals surface area (Å²) in [5, 5.41) is 10.3. The fraction of sp³-hybridized carbons (Fsp3) is 0.333. The standard InChI is InChI=1S/C3H5N3/c4-1-2(5)3(1)6/h1,5-6H,4H2/p+2. The van der Waals surface area contributed by atoms with Crippen molar-refractivity contribution in [2.45, 2.75) is 6.04 Å². The van der Waals surface area contributed by atoms with E-state index in [1.54, 1.807) is 0 Å². The van der Waals surface area contributed by atoms with Gasteiger partial charge in [0.15, 0.2) is 6.04 Å². The van der Waals surface area contributed by atoms with E-state index in [1.165, 1.54) is 0 Å². The molecule has 0 aliphatic heterocycles. The predicted octanol–water partition coefficient (Wildman–Crippen LogP) is -4.27. The number of rotatable bonds is 0. The topological polar surface area (TPSA) is 77.2 Å². The van der Waals surface area contributed by atoms with Gasteiger partial charge in [-0.3, -0.25) is 10.8 Å². The number of nitrogens with two attached hydrogens (primary N) is 3. The maximum atomic E-state index is 5.19. The zero-order valence-corrected chi connectivity index (χ0v) is 3.31. The van der Waals surface area contributed by atoms with Crippen molar-refractivity contribution in [3.63, 3.8) is 0 Å². The van der Waals surface area contributed by atoms with Crippen LogP contribution in [0, 0.1) is 0 Å². The second-order valence-corrected chi connectivity index (χ2v) is 1.39. The van der Waals surface area contributed by atoms with E-state index >= 15 is 0 Å². The van der Waals surface area contributed by atoms with E-state index in [0.717, 1.165) is 0 Å². The highest BCUT2D eigenvalue weighted by Crippen LogP contribution is 1.95. The Morgan fingerprint density at radius 2 is 1.50 bits per heavy atom. The SMILES string of the molecule is NC1C(=[NH2+])C1=[NH2+]. The molecule has 1 fully saturated rings. The lowest BCUT2D eigenvalue weighted by Crippen LogP contribution is -2.40. The predicted molar refractivity (Wildman–Crippen MR) is 21.8 cm³/mol. The van der Waals surface area contributed by atoms with Gasteiger partial charge in [-0.25, -0.2) is 0 Å². The molecule has 1 aliphatic carbocycles. The van der Waals surface area contributed by atoms with Crippen LogP contribution >= 0.6 is 0 Å². The van der Waals surface area contributed by atoms with Gasteiger partial charge in [-0.1, -0.05) is 0 Å².